The standard InChI is InChI=1S/C12H17N/c1-8-4-3-5-10(6-8)12-7-11(12)9(2)13/h3-6,9,11-12H,7,13H2,1-2H3/t9-,11-,12+/m0/s1. The molecular weight excluding hydrogens is 158 g/mol. The Bertz CT molecular complexity index is 304. The highest BCUT2D eigenvalue weighted by molar-refractivity contribution is 5.30. The summed E-state index contributed by atoms with van der Waals surface area (Å²) in [6.07, 6.45) is 1.28. The maximum Gasteiger partial charge on any atom is 0.00448 e. The lowest BCUT2D eigenvalue weighted by atomic mass is 10.0. The Labute approximate surface area is 80.0 Å². The third-order valence-electron chi connectivity index (χ3n) is 2.99. The zero-order valence-electron chi connectivity index (χ0n) is 8.33. The smallest absolute Gasteiger partial charge is 0.00448 e. The predicted molar refractivity (Wildman–Crippen MR) is 55.7 cm³/mol. The number of nitrogens with two attached hydrogens (primary N) is 1. The van der Waals surface area contributed by atoms with Crippen LogP contribution >= 0.6 is 0 Å². The van der Waals surface area contributed by atoms with Crippen LogP contribution in [0.15, 0.2) is 24.3 Å². The fourth-order valence-electron chi connectivity index (χ4n) is 2.08. The van der Waals surface area contributed by atoms with Gasteiger partial charge in [0.15, 0.2) is 0 Å². The summed E-state index contributed by atoms with van der Waals surface area (Å²) in [5.41, 5.74) is 8.69. The van der Waals surface area contributed by atoms with Gasteiger partial charge in [0.25, 0.3) is 0 Å². The van der Waals surface area contributed by atoms with Gasteiger partial charge in [0.1, 0.15) is 0 Å². The van der Waals surface area contributed by atoms with E-state index < -0.39 is 0 Å². The molecular formula is C12H17N. The maximum absolute atomic E-state index is 5.86. The molecule has 70 valence electrons. The first kappa shape index (κ1) is 8.76. The van der Waals surface area contributed by atoms with Gasteiger partial charge in [0.2, 0.25) is 0 Å². The molecule has 0 bridgehead atoms. The second-order valence-corrected chi connectivity index (χ2v) is 4.28. The molecule has 1 nitrogen and oxygen atoms in total. The SMILES string of the molecule is Cc1cccc([C@H]2C[C@H]2[C@H](C)N)c1. The quantitative estimate of drug-likeness (QED) is 0.734. The molecule has 0 radical (unpaired) electrons. The molecule has 1 aliphatic carbocycles. The van der Waals surface area contributed by atoms with Crippen LogP contribution in [0.25, 0.3) is 0 Å². The van der Waals surface area contributed by atoms with Crippen molar-refractivity contribution in [3.05, 3.63) is 35.4 Å². The second-order valence-electron chi connectivity index (χ2n) is 4.28. The molecule has 0 saturated heterocycles. The average molecular weight is 175 g/mol. The molecule has 13 heavy (non-hydrogen) atoms. The summed E-state index contributed by atoms with van der Waals surface area (Å²) in [4.78, 5) is 0. The Morgan fingerprint density at radius 1 is 1.46 bits per heavy atom. The molecule has 1 fully saturated rings. The van der Waals surface area contributed by atoms with Crippen molar-refractivity contribution in [2.24, 2.45) is 11.7 Å². The molecule has 1 saturated carbocycles. The van der Waals surface area contributed by atoms with E-state index in [4.69, 9.17) is 5.73 Å². The van der Waals surface area contributed by atoms with Crippen molar-refractivity contribution in [3.63, 3.8) is 0 Å². The van der Waals surface area contributed by atoms with Crippen LogP contribution in [0.5, 0.6) is 0 Å². The van der Waals surface area contributed by atoms with Crippen LogP contribution in [-0.4, -0.2) is 6.04 Å². The van der Waals surface area contributed by atoms with Gasteiger partial charge < -0.3 is 5.73 Å². The molecule has 0 aliphatic heterocycles. The summed E-state index contributed by atoms with van der Waals surface area (Å²) in [6, 6.07) is 9.15. The van der Waals surface area contributed by atoms with E-state index >= 15 is 0 Å². The van der Waals surface area contributed by atoms with Gasteiger partial charge >= 0.3 is 0 Å². The Morgan fingerprint density at radius 3 is 2.77 bits per heavy atom. The topological polar surface area (TPSA) is 26.0 Å². The zero-order chi connectivity index (χ0) is 9.42. The van der Waals surface area contributed by atoms with Crippen LogP contribution in [0, 0.1) is 12.8 Å². The average Bonchev–Trinajstić information content (AvgIpc) is 2.82. The van der Waals surface area contributed by atoms with Crippen molar-refractivity contribution >= 4 is 0 Å². The minimum absolute atomic E-state index is 0.352. The monoisotopic (exact) mass is 175 g/mol. The largest absolute Gasteiger partial charge is 0.328 e. The van der Waals surface area contributed by atoms with Crippen LogP contribution in [0.2, 0.25) is 0 Å². The Hall–Kier alpha value is -0.820. The third kappa shape index (κ3) is 1.75. The highest BCUT2D eigenvalue weighted by atomic mass is 14.7. The molecule has 1 aliphatic rings. The summed E-state index contributed by atoms with van der Waals surface area (Å²) in [6.45, 7) is 4.26. The predicted octanol–water partition coefficient (Wildman–Crippen LogP) is 2.45. The van der Waals surface area contributed by atoms with E-state index in [0.29, 0.717) is 6.04 Å². The van der Waals surface area contributed by atoms with E-state index in [0.717, 1.165) is 11.8 Å². The normalized spacial score (nSPS) is 28.5. The van der Waals surface area contributed by atoms with Crippen LogP contribution < -0.4 is 5.73 Å². The fraction of sp³-hybridized carbons (Fsp3) is 0.500. The summed E-state index contributed by atoms with van der Waals surface area (Å²) >= 11 is 0. The second kappa shape index (κ2) is 3.15. The van der Waals surface area contributed by atoms with Gasteiger partial charge in [-0.05, 0) is 37.7 Å². The zero-order valence-corrected chi connectivity index (χ0v) is 8.33. The molecule has 3 atom stereocenters. The van der Waals surface area contributed by atoms with Gasteiger partial charge in [-0.1, -0.05) is 29.8 Å². The summed E-state index contributed by atoms with van der Waals surface area (Å²) in [5, 5.41) is 0. The van der Waals surface area contributed by atoms with Gasteiger partial charge in [-0.15, -0.1) is 0 Å². The molecule has 2 N–H and O–H groups in total. The van der Waals surface area contributed by atoms with Crippen molar-refractivity contribution in [1.82, 2.24) is 0 Å². The van der Waals surface area contributed by atoms with Crippen molar-refractivity contribution in [3.8, 4) is 0 Å². The molecule has 1 heteroatoms. The lowest BCUT2D eigenvalue weighted by Crippen LogP contribution is -2.17. The van der Waals surface area contributed by atoms with Crippen molar-refractivity contribution < 1.29 is 0 Å². The Morgan fingerprint density at radius 2 is 2.23 bits per heavy atom. The van der Waals surface area contributed by atoms with E-state index in [-0.39, 0.29) is 0 Å². The third-order valence-corrected chi connectivity index (χ3v) is 2.99. The van der Waals surface area contributed by atoms with Gasteiger partial charge in [0, 0.05) is 6.04 Å². The van der Waals surface area contributed by atoms with Crippen molar-refractivity contribution in [2.75, 3.05) is 0 Å². The minimum Gasteiger partial charge on any atom is -0.328 e. The van der Waals surface area contributed by atoms with Crippen LogP contribution in [0.4, 0.5) is 0 Å². The molecule has 0 heterocycles. The fourth-order valence-corrected chi connectivity index (χ4v) is 2.08. The molecule has 1 aromatic rings. The number of hydrogen-bond donors (Lipinski definition) is 1. The summed E-state index contributed by atoms with van der Waals surface area (Å²) in [7, 11) is 0. The molecule has 0 unspecified atom stereocenters. The van der Waals surface area contributed by atoms with Crippen LogP contribution in [0.3, 0.4) is 0 Å². The number of benzene rings is 1. The van der Waals surface area contributed by atoms with Gasteiger partial charge in [0.05, 0.1) is 0 Å². The number of aryl methyl sites for hydroxylation is 1. The first-order valence-electron chi connectivity index (χ1n) is 5.00. The van der Waals surface area contributed by atoms with Crippen molar-refractivity contribution in [2.45, 2.75) is 32.2 Å². The van der Waals surface area contributed by atoms with E-state index in [1.54, 1.807) is 0 Å². The van der Waals surface area contributed by atoms with Crippen LogP contribution in [0.1, 0.15) is 30.4 Å². The first-order valence-corrected chi connectivity index (χ1v) is 5.00. The van der Waals surface area contributed by atoms with E-state index in [2.05, 4.69) is 38.1 Å². The molecule has 0 amide bonds. The lowest BCUT2D eigenvalue weighted by Gasteiger charge is -2.04. The van der Waals surface area contributed by atoms with Gasteiger partial charge in [-0.2, -0.15) is 0 Å². The highest BCUT2D eigenvalue weighted by Gasteiger charge is 2.40. The highest BCUT2D eigenvalue weighted by Crippen LogP contribution is 2.48. The van der Waals surface area contributed by atoms with Gasteiger partial charge in [-0.25, -0.2) is 0 Å². The molecule has 0 aromatic heterocycles. The Balaban J connectivity index is 2.12. The first-order chi connectivity index (χ1) is 6.18. The Kier molecular flexibility index (Phi) is 2.12. The van der Waals surface area contributed by atoms with Crippen LogP contribution in [-0.2, 0) is 0 Å². The van der Waals surface area contributed by atoms with Gasteiger partial charge in [-0.3, -0.25) is 0 Å². The van der Waals surface area contributed by atoms with E-state index in [1.807, 2.05) is 0 Å². The summed E-state index contributed by atoms with van der Waals surface area (Å²) in [5.74, 6) is 1.46. The molecule has 0 spiro atoms. The maximum atomic E-state index is 5.86. The molecule has 1 aromatic carbocycles. The minimum atomic E-state index is 0.352. The number of hydrogen-bond acceptors (Lipinski definition) is 1. The van der Waals surface area contributed by atoms with E-state index in [1.165, 1.54) is 17.5 Å². The van der Waals surface area contributed by atoms with E-state index in [9.17, 15) is 0 Å². The summed E-state index contributed by atoms with van der Waals surface area (Å²) < 4.78 is 0. The number of rotatable bonds is 2. The molecule has 2 rings (SSSR count). The lowest BCUT2D eigenvalue weighted by molar-refractivity contribution is 0.631. The van der Waals surface area contributed by atoms with Crippen molar-refractivity contribution in [1.29, 1.82) is 0 Å².